The van der Waals surface area contributed by atoms with Crippen LogP contribution in [0.2, 0.25) is 0 Å². The Bertz CT molecular complexity index is 872. The molecule has 8 nitrogen and oxygen atoms in total. The van der Waals surface area contributed by atoms with E-state index in [-0.39, 0.29) is 30.2 Å². The first-order chi connectivity index (χ1) is 15.0. The summed E-state index contributed by atoms with van der Waals surface area (Å²) in [7, 11) is 1.50. The maximum absolute atomic E-state index is 12.1. The van der Waals surface area contributed by atoms with Crippen molar-refractivity contribution in [3.8, 4) is 11.3 Å². The molecular formula is C23H32N4O4. The number of carbonyl (C=O) groups excluding carboxylic acids is 3. The molecule has 1 saturated heterocycles. The number of carbonyl (C=O) groups is 3. The van der Waals surface area contributed by atoms with Gasteiger partial charge in [0, 0.05) is 19.2 Å². The lowest BCUT2D eigenvalue weighted by Crippen LogP contribution is -2.39. The molecule has 2 aromatic rings. The van der Waals surface area contributed by atoms with Crippen LogP contribution in [0.4, 0.5) is 0 Å². The monoisotopic (exact) mass is 428 g/mol. The number of amides is 3. The predicted octanol–water partition coefficient (Wildman–Crippen LogP) is 2.21. The van der Waals surface area contributed by atoms with E-state index in [1.165, 1.54) is 13.5 Å². The summed E-state index contributed by atoms with van der Waals surface area (Å²) in [5.41, 5.74) is 1.74. The second-order valence-corrected chi connectivity index (χ2v) is 7.29. The van der Waals surface area contributed by atoms with E-state index < -0.39 is 5.91 Å². The average Bonchev–Trinajstić information content (AvgIpc) is 3.49. The molecule has 31 heavy (non-hydrogen) atoms. The Morgan fingerprint density at radius 2 is 1.90 bits per heavy atom. The van der Waals surface area contributed by atoms with Crippen molar-refractivity contribution >= 4 is 17.7 Å². The van der Waals surface area contributed by atoms with Crippen LogP contribution in [0.15, 0.2) is 40.8 Å². The molecule has 2 heterocycles. The molecule has 1 aliphatic heterocycles. The van der Waals surface area contributed by atoms with E-state index in [0.717, 1.165) is 30.5 Å². The first-order valence-electron chi connectivity index (χ1n) is 10.7. The van der Waals surface area contributed by atoms with E-state index >= 15 is 0 Å². The van der Waals surface area contributed by atoms with Gasteiger partial charge in [-0.2, -0.15) is 0 Å². The van der Waals surface area contributed by atoms with Crippen molar-refractivity contribution in [2.75, 3.05) is 20.1 Å². The summed E-state index contributed by atoms with van der Waals surface area (Å²) in [5.74, 6) is -0.0679. The molecule has 0 spiro atoms. The zero-order valence-corrected chi connectivity index (χ0v) is 18.4. The summed E-state index contributed by atoms with van der Waals surface area (Å²) < 4.78 is 5.62. The zero-order valence-electron chi connectivity index (χ0n) is 18.4. The number of nitrogens with one attached hydrogen (secondary N) is 4. The lowest BCUT2D eigenvalue weighted by atomic mass is 10.1. The number of benzene rings is 1. The van der Waals surface area contributed by atoms with Gasteiger partial charge in [-0.3, -0.25) is 14.4 Å². The Morgan fingerprint density at radius 3 is 2.58 bits per heavy atom. The molecule has 1 unspecified atom stereocenters. The van der Waals surface area contributed by atoms with Gasteiger partial charge in [0.15, 0.2) is 5.76 Å². The maximum atomic E-state index is 12.1. The van der Waals surface area contributed by atoms with Gasteiger partial charge < -0.3 is 25.7 Å². The van der Waals surface area contributed by atoms with E-state index in [9.17, 15) is 14.4 Å². The minimum absolute atomic E-state index is 0.0102. The average molecular weight is 429 g/mol. The quantitative estimate of drug-likeness (QED) is 0.540. The third-order valence-corrected chi connectivity index (χ3v) is 4.57. The van der Waals surface area contributed by atoms with Gasteiger partial charge in [-0.25, -0.2) is 0 Å². The van der Waals surface area contributed by atoms with E-state index in [0.29, 0.717) is 12.3 Å². The largest absolute Gasteiger partial charge is 0.451 e. The van der Waals surface area contributed by atoms with E-state index in [4.69, 9.17) is 4.42 Å². The molecule has 4 N–H and O–H groups in total. The fourth-order valence-corrected chi connectivity index (χ4v) is 3.01. The summed E-state index contributed by atoms with van der Waals surface area (Å²) in [6.45, 7) is 5.44. The highest BCUT2D eigenvalue weighted by Gasteiger charge is 2.21. The first kappa shape index (κ1) is 24.1. The molecule has 0 bridgehead atoms. The molecule has 3 rings (SSSR count). The third-order valence-electron chi connectivity index (χ3n) is 4.57. The molecule has 1 fully saturated rings. The van der Waals surface area contributed by atoms with Crippen molar-refractivity contribution in [1.82, 2.24) is 21.3 Å². The normalized spacial score (nSPS) is 14.9. The molecule has 168 valence electrons. The summed E-state index contributed by atoms with van der Waals surface area (Å²) >= 11 is 0. The summed E-state index contributed by atoms with van der Waals surface area (Å²) in [6.07, 6.45) is 3.13. The van der Waals surface area contributed by atoms with Gasteiger partial charge in [-0.15, -0.1) is 0 Å². The summed E-state index contributed by atoms with van der Waals surface area (Å²) in [6, 6.07) is 10.7. The molecule has 3 amide bonds. The molecule has 0 radical (unpaired) electrons. The van der Waals surface area contributed by atoms with Crippen LogP contribution in [0.25, 0.3) is 11.3 Å². The van der Waals surface area contributed by atoms with Crippen LogP contribution in [0.1, 0.15) is 49.2 Å². The van der Waals surface area contributed by atoms with Gasteiger partial charge >= 0.3 is 0 Å². The minimum atomic E-state index is -0.456. The van der Waals surface area contributed by atoms with Crippen LogP contribution >= 0.6 is 0 Å². The molecule has 1 atom stereocenters. The van der Waals surface area contributed by atoms with Crippen molar-refractivity contribution in [2.24, 2.45) is 0 Å². The predicted molar refractivity (Wildman–Crippen MR) is 119 cm³/mol. The summed E-state index contributed by atoms with van der Waals surface area (Å²) in [5, 5.41) is 11.0. The molecule has 0 saturated carbocycles. The van der Waals surface area contributed by atoms with Gasteiger partial charge in [-0.1, -0.05) is 38.5 Å². The SMILES string of the molecule is CCC.CNC(=O)CNC(=O)c1ccc(-c2cccc(CNC(=O)C3CCCN3)c2)o1. The minimum Gasteiger partial charge on any atom is -0.451 e. The van der Waals surface area contributed by atoms with Gasteiger partial charge in [0.1, 0.15) is 5.76 Å². The lowest BCUT2D eigenvalue weighted by Gasteiger charge is -2.11. The van der Waals surface area contributed by atoms with Crippen LogP contribution in [0, 0.1) is 0 Å². The van der Waals surface area contributed by atoms with Gasteiger partial charge in [0.05, 0.1) is 12.6 Å². The Morgan fingerprint density at radius 1 is 1.13 bits per heavy atom. The third kappa shape index (κ3) is 7.57. The highest BCUT2D eigenvalue weighted by Crippen LogP contribution is 2.23. The highest BCUT2D eigenvalue weighted by molar-refractivity contribution is 5.94. The van der Waals surface area contributed by atoms with Crippen molar-refractivity contribution in [3.63, 3.8) is 0 Å². The molecule has 1 aliphatic rings. The van der Waals surface area contributed by atoms with E-state index in [1.807, 2.05) is 24.3 Å². The fourth-order valence-electron chi connectivity index (χ4n) is 3.01. The molecule has 0 aliphatic carbocycles. The van der Waals surface area contributed by atoms with Crippen molar-refractivity contribution in [3.05, 3.63) is 47.7 Å². The Labute approximate surface area is 183 Å². The standard InChI is InChI=1S/C20H24N4O4.C3H8/c1-21-18(25)12-24-20(27)17-8-7-16(28-17)14-5-2-4-13(10-14)11-23-19(26)15-6-3-9-22-15;1-3-2/h2,4-5,7-8,10,15,22H,3,6,9,11-12H2,1H3,(H,21,25)(H,23,26)(H,24,27);3H2,1-2H3. The lowest BCUT2D eigenvalue weighted by molar-refractivity contribution is -0.123. The van der Waals surface area contributed by atoms with Crippen LogP contribution in [-0.4, -0.2) is 43.9 Å². The van der Waals surface area contributed by atoms with E-state index in [1.54, 1.807) is 12.1 Å². The topological polar surface area (TPSA) is 112 Å². The maximum Gasteiger partial charge on any atom is 0.287 e. The van der Waals surface area contributed by atoms with Crippen molar-refractivity contribution in [2.45, 2.75) is 45.7 Å². The number of furan rings is 1. The molecule has 8 heteroatoms. The van der Waals surface area contributed by atoms with Gasteiger partial charge in [-0.05, 0) is 43.1 Å². The van der Waals surface area contributed by atoms with Crippen molar-refractivity contribution < 1.29 is 18.8 Å². The van der Waals surface area contributed by atoms with Crippen LogP contribution in [0.5, 0.6) is 0 Å². The number of rotatable bonds is 7. The molecule has 1 aromatic heterocycles. The van der Waals surface area contributed by atoms with Crippen molar-refractivity contribution in [1.29, 1.82) is 0 Å². The fraction of sp³-hybridized carbons (Fsp3) is 0.435. The second-order valence-electron chi connectivity index (χ2n) is 7.29. The molecule has 1 aromatic carbocycles. The Hall–Kier alpha value is -3.13. The Kier molecular flexibility index (Phi) is 9.77. The second kappa shape index (κ2) is 12.5. The van der Waals surface area contributed by atoms with Crippen LogP contribution in [0.3, 0.4) is 0 Å². The first-order valence-corrected chi connectivity index (χ1v) is 10.7. The highest BCUT2D eigenvalue weighted by atomic mass is 16.3. The van der Waals surface area contributed by atoms with E-state index in [2.05, 4.69) is 35.1 Å². The zero-order chi connectivity index (χ0) is 22.6. The summed E-state index contributed by atoms with van der Waals surface area (Å²) in [4.78, 5) is 35.4. The van der Waals surface area contributed by atoms with Crippen LogP contribution in [-0.2, 0) is 16.1 Å². The smallest absolute Gasteiger partial charge is 0.287 e. The Balaban J connectivity index is 0.00000107. The number of likely N-dealkylation sites (N-methyl/N-ethyl adjacent to an activating group) is 1. The number of hydrogen-bond acceptors (Lipinski definition) is 5. The van der Waals surface area contributed by atoms with Crippen LogP contribution < -0.4 is 21.3 Å². The van der Waals surface area contributed by atoms with Gasteiger partial charge in [0.25, 0.3) is 5.91 Å². The number of hydrogen-bond donors (Lipinski definition) is 4. The van der Waals surface area contributed by atoms with Gasteiger partial charge in [0.2, 0.25) is 11.8 Å². The molecular weight excluding hydrogens is 396 g/mol.